The number of amides is 1. The van der Waals surface area contributed by atoms with Crippen LogP contribution in [0, 0.1) is 0 Å². The third-order valence-corrected chi connectivity index (χ3v) is 3.64. The van der Waals surface area contributed by atoms with E-state index in [2.05, 4.69) is 15.6 Å². The first kappa shape index (κ1) is 14.5. The molecule has 0 fully saturated rings. The maximum atomic E-state index is 11.9. The average molecular weight is 302 g/mol. The zero-order valence-electron chi connectivity index (χ0n) is 12.6. The highest BCUT2D eigenvalue weighted by molar-refractivity contribution is 5.93. The molecule has 0 aliphatic carbocycles. The molecule has 0 saturated carbocycles. The van der Waals surface area contributed by atoms with E-state index in [0.717, 1.165) is 17.0 Å². The lowest BCUT2D eigenvalue weighted by molar-refractivity contribution is -0.00178. The van der Waals surface area contributed by atoms with E-state index in [0.29, 0.717) is 25.4 Å². The molecular weight excluding hydrogens is 284 g/mol. The number of carbonyl (C=O) groups excluding carboxylic acids is 1. The quantitative estimate of drug-likeness (QED) is 0.921. The van der Waals surface area contributed by atoms with Crippen LogP contribution in [0.15, 0.2) is 24.3 Å². The van der Waals surface area contributed by atoms with Gasteiger partial charge in [-0.2, -0.15) is 0 Å². The van der Waals surface area contributed by atoms with Crippen LogP contribution in [0.1, 0.15) is 34.8 Å². The number of methoxy groups -OCH3 is 1. The number of fused-ring (bicyclic) bond motifs is 1. The molecule has 0 unspecified atom stereocenters. The van der Waals surface area contributed by atoms with Crippen LogP contribution in [-0.4, -0.2) is 34.6 Å². The van der Waals surface area contributed by atoms with Gasteiger partial charge in [0.15, 0.2) is 5.69 Å². The Morgan fingerprint density at radius 2 is 2.23 bits per heavy atom. The number of nitrogens with one attached hydrogen (secondary N) is 1. The monoisotopic (exact) mass is 302 g/mol. The van der Waals surface area contributed by atoms with Crippen LogP contribution in [0.4, 0.5) is 0 Å². The van der Waals surface area contributed by atoms with Gasteiger partial charge in [-0.05, 0) is 24.6 Å². The summed E-state index contributed by atoms with van der Waals surface area (Å²) in [5, 5.41) is 10.8. The summed E-state index contributed by atoms with van der Waals surface area (Å²) in [6.07, 6.45) is -0.109. The van der Waals surface area contributed by atoms with Crippen molar-refractivity contribution in [3.63, 3.8) is 0 Å². The highest BCUT2D eigenvalue weighted by Gasteiger charge is 2.27. The van der Waals surface area contributed by atoms with Crippen molar-refractivity contribution in [2.75, 3.05) is 13.7 Å². The van der Waals surface area contributed by atoms with Crippen molar-refractivity contribution in [3.8, 4) is 5.75 Å². The molecule has 1 aliphatic heterocycles. The number of aromatic nitrogens is 3. The SMILES string of the molecule is CCNC(=O)c1nnn2c1CO[C@@H](c1ccc(OC)cc1)C2. The second-order valence-electron chi connectivity index (χ2n) is 5.00. The van der Waals surface area contributed by atoms with Gasteiger partial charge < -0.3 is 14.8 Å². The maximum absolute atomic E-state index is 11.9. The van der Waals surface area contributed by atoms with Gasteiger partial charge in [-0.3, -0.25) is 4.79 Å². The Labute approximate surface area is 128 Å². The first-order valence-corrected chi connectivity index (χ1v) is 7.19. The topological polar surface area (TPSA) is 78.3 Å². The Kier molecular flexibility index (Phi) is 4.06. The highest BCUT2D eigenvalue weighted by Crippen LogP contribution is 2.28. The summed E-state index contributed by atoms with van der Waals surface area (Å²) in [6.45, 7) is 3.27. The van der Waals surface area contributed by atoms with E-state index in [4.69, 9.17) is 9.47 Å². The fraction of sp³-hybridized carbons (Fsp3) is 0.400. The lowest BCUT2D eigenvalue weighted by Gasteiger charge is -2.24. The largest absolute Gasteiger partial charge is 0.497 e. The Balaban J connectivity index is 1.78. The molecule has 1 amide bonds. The van der Waals surface area contributed by atoms with Gasteiger partial charge in [-0.25, -0.2) is 4.68 Å². The minimum absolute atomic E-state index is 0.109. The molecule has 1 aromatic heterocycles. The van der Waals surface area contributed by atoms with E-state index < -0.39 is 0 Å². The van der Waals surface area contributed by atoms with Gasteiger partial charge >= 0.3 is 0 Å². The number of nitrogens with zero attached hydrogens (tertiary/aromatic N) is 3. The van der Waals surface area contributed by atoms with Gasteiger partial charge in [0, 0.05) is 6.54 Å². The van der Waals surface area contributed by atoms with Gasteiger partial charge in [0.1, 0.15) is 11.9 Å². The van der Waals surface area contributed by atoms with Crippen LogP contribution in [-0.2, 0) is 17.9 Å². The summed E-state index contributed by atoms with van der Waals surface area (Å²) in [5.74, 6) is 0.592. The van der Waals surface area contributed by atoms with Gasteiger partial charge in [0.2, 0.25) is 0 Å². The zero-order chi connectivity index (χ0) is 15.5. The fourth-order valence-corrected chi connectivity index (χ4v) is 2.45. The van der Waals surface area contributed by atoms with E-state index in [1.807, 2.05) is 31.2 Å². The molecule has 116 valence electrons. The van der Waals surface area contributed by atoms with E-state index in [9.17, 15) is 4.79 Å². The zero-order valence-corrected chi connectivity index (χ0v) is 12.6. The normalized spacial score (nSPS) is 16.9. The predicted molar refractivity (Wildman–Crippen MR) is 78.6 cm³/mol. The molecular formula is C15H18N4O3. The van der Waals surface area contributed by atoms with E-state index in [1.165, 1.54) is 0 Å². The van der Waals surface area contributed by atoms with Crippen LogP contribution in [0.25, 0.3) is 0 Å². The average Bonchev–Trinajstić information content (AvgIpc) is 2.98. The van der Waals surface area contributed by atoms with E-state index >= 15 is 0 Å². The van der Waals surface area contributed by atoms with Gasteiger partial charge in [0.25, 0.3) is 5.91 Å². The lowest BCUT2D eigenvalue weighted by atomic mass is 10.1. The van der Waals surface area contributed by atoms with Gasteiger partial charge in [-0.15, -0.1) is 5.10 Å². The molecule has 0 spiro atoms. The molecule has 0 radical (unpaired) electrons. The summed E-state index contributed by atoms with van der Waals surface area (Å²) >= 11 is 0. The van der Waals surface area contributed by atoms with Crippen LogP contribution in [0.2, 0.25) is 0 Å². The minimum Gasteiger partial charge on any atom is -0.497 e. The van der Waals surface area contributed by atoms with Crippen LogP contribution >= 0.6 is 0 Å². The summed E-state index contributed by atoms with van der Waals surface area (Å²) in [4.78, 5) is 11.9. The Morgan fingerprint density at radius 1 is 1.45 bits per heavy atom. The van der Waals surface area contributed by atoms with Crippen molar-refractivity contribution in [1.82, 2.24) is 20.3 Å². The third kappa shape index (κ3) is 2.67. The first-order valence-electron chi connectivity index (χ1n) is 7.19. The van der Waals surface area contributed by atoms with Gasteiger partial charge in [0.05, 0.1) is 26.0 Å². The lowest BCUT2D eigenvalue weighted by Crippen LogP contribution is -2.27. The molecule has 3 rings (SSSR count). The smallest absolute Gasteiger partial charge is 0.273 e. The number of benzene rings is 1. The Morgan fingerprint density at radius 3 is 2.91 bits per heavy atom. The number of carbonyl (C=O) groups is 1. The molecule has 2 heterocycles. The molecule has 0 saturated heterocycles. The number of ether oxygens (including phenoxy) is 2. The maximum Gasteiger partial charge on any atom is 0.273 e. The molecule has 1 N–H and O–H groups in total. The van der Waals surface area contributed by atoms with Crippen molar-refractivity contribution in [1.29, 1.82) is 0 Å². The first-order chi connectivity index (χ1) is 10.7. The third-order valence-electron chi connectivity index (χ3n) is 3.64. The number of hydrogen-bond acceptors (Lipinski definition) is 5. The van der Waals surface area contributed by atoms with E-state index in [-0.39, 0.29) is 12.0 Å². The molecule has 1 aliphatic rings. The minimum atomic E-state index is -0.213. The fourth-order valence-electron chi connectivity index (χ4n) is 2.45. The Bertz CT molecular complexity index is 666. The summed E-state index contributed by atoms with van der Waals surface area (Å²) in [5.41, 5.74) is 2.10. The van der Waals surface area contributed by atoms with Crippen LogP contribution in [0.3, 0.4) is 0 Å². The van der Waals surface area contributed by atoms with E-state index in [1.54, 1.807) is 11.8 Å². The van der Waals surface area contributed by atoms with Gasteiger partial charge in [-0.1, -0.05) is 17.3 Å². The van der Waals surface area contributed by atoms with Crippen LogP contribution < -0.4 is 10.1 Å². The number of rotatable bonds is 4. The Hall–Kier alpha value is -2.41. The molecule has 1 aromatic carbocycles. The van der Waals surface area contributed by atoms with Crippen molar-refractivity contribution in [2.45, 2.75) is 26.2 Å². The van der Waals surface area contributed by atoms with Crippen LogP contribution in [0.5, 0.6) is 5.75 Å². The summed E-state index contributed by atoms with van der Waals surface area (Å²) in [7, 11) is 1.64. The molecule has 7 heteroatoms. The van der Waals surface area contributed by atoms with Crippen molar-refractivity contribution < 1.29 is 14.3 Å². The molecule has 7 nitrogen and oxygen atoms in total. The summed E-state index contributed by atoms with van der Waals surface area (Å²) in [6, 6.07) is 7.73. The second kappa shape index (κ2) is 6.15. The summed E-state index contributed by atoms with van der Waals surface area (Å²) < 4.78 is 12.8. The second-order valence-corrected chi connectivity index (χ2v) is 5.00. The highest BCUT2D eigenvalue weighted by atomic mass is 16.5. The van der Waals surface area contributed by atoms with Crippen molar-refractivity contribution >= 4 is 5.91 Å². The molecule has 2 aromatic rings. The van der Waals surface area contributed by atoms with Crippen molar-refractivity contribution in [3.05, 3.63) is 41.2 Å². The predicted octanol–water partition coefficient (Wildman–Crippen LogP) is 1.31. The molecule has 0 bridgehead atoms. The van der Waals surface area contributed by atoms with Crippen molar-refractivity contribution in [2.24, 2.45) is 0 Å². The standard InChI is InChI=1S/C15H18N4O3/c1-3-16-15(20)14-12-9-22-13(8-19(12)18-17-14)10-4-6-11(21-2)7-5-10/h4-7,13H,3,8-9H2,1-2H3,(H,16,20)/t13-/m1/s1. The molecule has 1 atom stereocenters. The number of hydrogen-bond donors (Lipinski definition) is 1. The molecule has 22 heavy (non-hydrogen) atoms.